The normalized spacial score (nSPS) is 16.6. The lowest BCUT2D eigenvalue weighted by molar-refractivity contribution is 0.273. The highest BCUT2D eigenvalue weighted by Crippen LogP contribution is 2.26. The molecule has 0 bridgehead atoms. The first-order valence-corrected chi connectivity index (χ1v) is 7.36. The average Bonchev–Trinajstić information content (AvgIpc) is 3.28. The first kappa shape index (κ1) is 14.4. The number of nitrogens with zero attached hydrogens (tertiary/aromatic N) is 1. The average molecular weight is 262 g/mol. The molecule has 2 rings (SSSR count). The fourth-order valence-corrected chi connectivity index (χ4v) is 2.49. The largest absolute Gasteiger partial charge is 0.497 e. The highest BCUT2D eigenvalue weighted by Gasteiger charge is 2.27. The number of nitrogens with one attached hydrogen (secondary N) is 1. The SMILES string of the molecule is CCN(CCNC(C)c1cccc(OC)c1)C1CC1. The van der Waals surface area contributed by atoms with E-state index in [9.17, 15) is 0 Å². The quantitative estimate of drug-likeness (QED) is 0.779. The molecule has 0 aromatic heterocycles. The first-order valence-electron chi connectivity index (χ1n) is 7.36. The Bertz CT molecular complexity index is 390. The van der Waals surface area contributed by atoms with E-state index in [-0.39, 0.29) is 0 Å². The summed E-state index contributed by atoms with van der Waals surface area (Å²) in [6, 6.07) is 9.53. The minimum atomic E-state index is 0.369. The lowest BCUT2D eigenvalue weighted by atomic mass is 10.1. The summed E-state index contributed by atoms with van der Waals surface area (Å²) in [6.45, 7) is 7.82. The summed E-state index contributed by atoms with van der Waals surface area (Å²) in [4.78, 5) is 2.57. The molecule has 106 valence electrons. The van der Waals surface area contributed by atoms with E-state index >= 15 is 0 Å². The van der Waals surface area contributed by atoms with E-state index in [1.54, 1.807) is 7.11 Å². The molecular formula is C16H26N2O. The van der Waals surface area contributed by atoms with E-state index in [4.69, 9.17) is 4.74 Å². The van der Waals surface area contributed by atoms with Crippen LogP contribution in [0.3, 0.4) is 0 Å². The zero-order valence-corrected chi connectivity index (χ0v) is 12.4. The Balaban J connectivity index is 1.78. The fraction of sp³-hybridized carbons (Fsp3) is 0.625. The molecule has 1 aromatic carbocycles. The van der Waals surface area contributed by atoms with E-state index in [2.05, 4.69) is 42.3 Å². The molecule has 3 heteroatoms. The molecule has 1 aromatic rings. The van der Waals surface area contributed by atoms with Gasteiger partial charge < -0.3 is 10.1 Å². The molecule has 1 saturated carbocycles. The van der Waals surface area contributed by atoms with Crippen LogP contribution < -0.4 is 10.1 Å². The third-order valence-electron chi connectivity index (χ3n) is 3.91. The predicted octanol–water partition coefficient (Wildman–Crippen LogP) is 2.83. The summed E-state index contributed by atoms with van der Waals surface area (Å²) < 4.78 is 5.27. The maximum Gasteiger partial charge on any atom is 0.119 e. The summed E-state index contributed by atoms with van der Waals surface area (Å²) >= 11 is 0. The van der Waals surface area contributed by atoms with Gasteiger partial charge in [-0.2, -0.15) is 0 Å². The molecule has 1 unspecified atom stereocenters. The van der Waals surface area contributed by atoms with Gasteiger partial charge in [-0.1, -0.05) is 19.1 Å². The van der Waals surface area contributed by atoms with Crippen LogP contribution in [-0.4, -0.2) is 37.7 Å². The minimum Gasteiger partial charge on any atom is -0.497 e. The molecule has 0 radical (unpaired) electrons. The van der Waals surface area contributed by atoms with Crippen molar-refractivity contribution in [3.63, 3.8) is 0 Å². The number of hydrogen-bond acceptors (Lipinski definition) is 3. The zero-order valence-electron chi connectivity index (χ0n) is 12.4. The lowest BCUT2D eigenvalue weighted by Crippen LogP contribution is -2.34. The zero-order chi connectivity index (χ0) is 13.7. The van der Waals surface area contributed by atoms with Crippen LogP contribution in [0.15, 0.2) is 24.3 Å². The number of hydrogen-bond donors (Lipinski definition) is 1. The van der Waals surface area contributed by atoms with Crippen molar-refractivity contribution in [2.45, 2.75) is 38.8 Å². The van der Waals surface area contributed by atoms with Crippen LogP contribution in [0.1, 0.15) is 38.3 Å². The van der Waals surface area contributed by atoms with Gasteiger partial charge in [0.15, 0.2) is 0 Å². The third-order valence-corrected chi connectivity index (χ3v) is 3.91. The van der Waals surface area contributed by atoms with Crippen LogP contribution in [-0.2, 0) is 0 Å². The molecule has 1 aliphatic rings. The second-order valence-electron chi connectivity index (χ2n) is 5.31. The topological polar surface area (TPSA) is 24.5 Å². The third kappa shape index (κ3) is 4.22. The molecule has 1 atom stereocenters. The number of methoxy groups -OCH3 is 1. The van der Waals surface area contributed by atoms with Crippen molar-refractivity contribution in [3.05, 3.63) is 29.8 Å². The molecule has 0 amide bonds. The van der Waals surface area contributed by atoms with Crippen molar-refractivity contribution >= 4 is 0 Å². The molecule has 0 aliphatic heterocycles. The van der Waals surface area contributed by atoms with Crippen LogP contribution in [0.5, 0.6) is 5.75 Å². The van der Waals surface area contributed by atoms with E-state index in [0.717, 1.165) is 24.9 Å². The second kappa shape index (κ2) is 6.92. The smallest absolute Gasteiger partial charge is 0.119 e. The van der Waals surface area contributed by atoms with Gasteiger partial charge in [-0.3, -0.25) is 4.90 Å². The molecule has 1 aliphatic carbocycles. The monoisotopic (exact) mass is 262 g/mol. The molecule has 0 heterocycles. The van der Waals surface area contributed by atoms with Crippen LogP contribution in [0, 0.1) is 0 Å². The van der Waals surface area contributed by atoms with E-state index in [1.165, 1.54) is 24.9 Å². The molecule has 19 heavy (non-hydrogen) atoms. The second-order valence-corrected chi connectivity index (χ2v) is 5.31. The van der Waals surface area contributed by atoms with E-state index in [0.29, 0.717) is 6.04 Å². The molecule has 0 spiro atoms. The standard InChI is InChI=1S/C16H26N2O/c1-4-18(15-8-9-15)11-10-17-13(2)14-6-5-7-16(12-14)19-3/h5-7,12-13,15,17H,4,8-11H2,1-3H3. The van der Waals surface area contributed by atoms with Crippen molar-refractivity contribution < 1.29 is 4.74 Å². The lowest BCUT2D eigenvalue weighted by Gasteiger charge is -2.22. The van der Waals surface area contributed by atoms with Crippen molar-refractivity contribution in [3.8, 4) is 5.75 Å². The van der Waals surface area contributed by atoms with Crippen LogP contribution in [0.4, 0.5) is 0 Å². The van der Waals surface area contributed by atoms with Crippen LogP contribution in [0.2, 0.25) is 0 Å². The predicted molar refractivity (Wildman–Crippen MR) is 79.7 cm³/mol. The molecule has 1 N–H and O–H groups in total. The van der Waals surface area contributed by atoms with Gasteiger partial charge in [0, 0.05) is 25.2 Å². The number of likely N-dealkylation sites (N-methyl/N-ethyl adjacent to an activating group) is 1. The van der Waals surface area contributed by atoms with Gasteiger partial charge in [0.05, 0.1) is 7.11 Å². The summed E-state index contributed by atoms with van der Waals surface area (Å²) in [5.41, 5.74) is 1.29. The summed E-state index contributed by atoms with van der Waals surface area (Å²) in [5.74, 6) is 0.930. The Kier molecular flexibility index (Phi) is 5.23. The van der Waals surface area contributed by atoms with Gasteiger partial charge in [-0.05, 0) is 44.0 Å². The summed E-state index contributed by atoms with van der Waals surface area (Å²) in [7, 11) is 1.71. The summed E-state index contributed by atoms with van der Waals surface area (Å²) in [5, 5.41) is 3.60. The summed E-state index contributed by atoms with van der Waals surface area (Å²) in [6.07, 6.45) is 2.78. The number of ether oxygens (including phenoxy) is 1. The Labute approximate surface area is 116 Å². The number of rotatable bonds is 8. The highest BCUT2D eigenvalue weighted by atomic mass is 16.5. The first-order chi connectivity index (χ1) is 9.24. The van der Waals surface area contributed by atoms with Gasteiger partial charge in [-0.15, -0.1) is 0 Å². The molecule has 1 fully saturated rings. The Morgan fingerprint density at radius 1 is 1.42 bits per heavy atom. The van der Waals surface area contributed by atoms with Crippen molar-refractivity contribution in [1.82, 2.24) is 10.2 Å². The van der Waals surface area contributed by atoms with Gasteiger partial charge in [-0.25, -0.2) is 0 Å². The van der Waals surface area contributed by atoms with Crippen molar-refractivity contribution in [2.24, 2.45) is 0 Å². The maximum atomic E-state index is 5.27. The van der Waals surface area contributed by atoms with E-state index in [1.807, 2.05) is 6.07 Å². The van der Waals surface area contributed by atoms with Crippen molar-refractivity contribution in [2.75, 3.05) is 26.7 Å². The Hall–Kier alpha value is -1.06. The molecular weight excluding hydrogens is 236 g/mol. The fourth-order valence-electron chi connectivity index (χ4n) is 2.49. The Morgan fingerprint density at radius 2 is 2.21 bits per heavy atom. The van der Waals surface area contributed by atoms with Crippen LogP contribution >= 0.6 is 0 Å². The van der Waals surface area contributed by atoms with Gasteiger partial charge in [0.1, 0.15) is 5.75 Å². The Morgan fingerprint density at radius 3 is 2.84 bits per heavy atom. The van der Waals surface area contributed by atoms with Gasteiger partial charge in [0.25, 0.3) is 0 Å². The van der Waals surface area contributed by atoms with Crippen LogP contribution in [0.25, 0.3) is 0 Å². The van der Waals surface area contributed by atoms with Crippen molar-refractivity contribution in [1.29, 1.82) is 0 Å². The maximum absolute atomic E-state index is 5.27. The molecule has 0 saturated heterocycles. The van der Waals surface area contributed by atoms with Gasteiger partial charge in [0.2, 0.25) is 0 Å². The van der Waals surface area contributed by atoms with E-state index < -0.39 is 0 Å². The number of benzene rings is 1. The molecule has 3 nitrogen and oxygen atoms in total. The minimum absolute atomic E-state index is 0.369. The highest BCUT2D eigenvalue weighted by molar-refractivity contribution is 5.30. The van der Waals surface area contributed by atoms with Gasteiger partial charge >= 0.3 is 0 Å².